The molecule has 1 heterocycles. The maximum Gasteiger partial charge on any atom is 1.00 e. The minimum Gasteiger partial charge on any atom is -0.302 e. The van der Waals surface area contributed by atoms with Crippen LogP contribution in [0.1, 0.15) is 26.7 Å². The van der Waals surface area contributed by atoms with E-state index < -0.39 is 5.41 Å². The number of amides is 2. The molecule has 1 fully saturated rings. The van der Waals surface area contributed by atoms with Crippen LogP contribution in [-0.4, -0.2) is 16.9 Å². The van der Waals surface area contributed by atoms with Crippen LogP contribution in [0.4, 0.5) is 0 Å². The Morgan fingerprint density at radius 1 is 1.14 bits per heavy atom. The number of carbonyl (C=O) groups excluding carboxylic acids is 2. The van der Waals surface area contributed by atoms with Crippen LogP contribution >= 0.6 is 12.2 Å². The third-order valence-electron chi connectivity index (χ3n) is 2.53. The van der Waals surface area contributed by atoms with E-state index in [-0.39, 0.29) is 46.5 Å². The first-order valence-corrected chi connectivity index (χ1v) is 4.64. The van der Waals surface area contributed by atoms with Crippen LogP contribution in [0.15, 0.2) is 0 Å². The van der Waals surface area contributed by atoms with Gasteiger partial charge in [0, 0.05) is 0 Å². The molecule has 2 amide bonds. The number of thiocarbonyl (C=S) groups is 1. The number of nitrogens with one attached hydrogen (secondary N) is 2. The largest absolute Gasteiger partial charge is 1.00 e. The third-order valence-corrected chi connectivity index (χ3v) is 2.73. The first kappa shape index (κ1) is 14.0. The summed E-state index contributed by atoms with van der Waals surface area (Å²) in [5, 5.41) is 5.03. The van der Waals surface area contributed by atoms with E-state index in [0.717, 1.165) is 0 Å². The van der Waals surface area contributed by atoms with Crippen molar-refractivity contribution in [2.45, 2.75) is 26.7 Å². The summed E-state index contributed by atoms with van der Waals surface area (Å²) in [6.45, 7) is 3.63. The van der Waals surface area contributed by atoms with Crippen molar-refractivity contribution in [3.8, 4) is 0 Å². The van der Waals surface area contributed by atoms with Crippen molar-refractivity contribution < 1.29 is 39.1 Å². The van der Waals surface area contributed by atoms with Gasteiger partial charge in [-0.05, 0) is 25.1 Å². The van der Waals surface area contributed by atoms with Crippen LogP contribution in [0, 0.1) is 5.41 Å². The van der Waals surface area contributed by atoms with E-state index in [2.05, 4.69) is 10.6 Å². The summed E-state index contributed by atoms with van der Waals surface area (Å²) in [7, 11) is 0. The molecule has 4 nitrogen and oxygen atoms in total. The fourth-order valence-electron chi connectivity index (χ4n) is 1.47. The molecule has 0 aromatic heterocycles. The second-order valence-corrected chi connectivity index (χ2v) is 3.43. The van der Waals surface area contributed by atoms with Crippen molar-refractivity contribution in [1.82, 2.24) is 10.6 Å². The zero-order chi connectivity index (χ0) is 10.1. The smallest absolute Gasteiger partial charge is 0.302 e. The molecule has 0 aromatic rings. The fourth-order valence-corrected chi connectivity index (χ4v) is 1.66. The third kappa shape index (κ3) is 2.16. The van der Waals surface area contributed by atoms with E-state index in [1.54, 1.807) is 0 Å². The molecule has 0 unspecified atom stereocenters. The van der Waals surface area contributed by atoms with E-state index in [4.69, 9.17) is 12.2 Å². The Labute approximate surface area is 110 Å². The predicted molar refractivity (Wildman–Crippen MR) is 51.9 cm³/mol. The van der Waals surface area contributed by atoms with Crippen molar-refractivity contribution in [3.05, 3.63) is 0 Å². The Bertz CT molecular complexity index is 255. The second-order valence-electron chi connectivity index (χ2n) is 3.03. The van der Waals surface area contributed by atoms with E-state index in [1.165, 1.54) is 0 Å². The Hall–Kier alpha value is 0.0300. The molecule has 0 spiro atoms. The Balaban J connectivity index is 0.00000169. The molecule has 0 aliphatic carbocycles. The Morgan fingerprint density at radius 2 is 1.50 bits per heavy atom. The van der Waals surface area contributed by atoms with Gasteiger partial charge in [-0.3, -0.25) is 9.59 Å². The molecule has 0 bridgehead atoms. The van der Waals surface area contributed by atoms with Crippen LogP contribution in [0.2, 0.25) is 0 Å². The molecule has 0 aromatic carbocycles. The van der Waals surface area contributed by atoms with Crippen molar-refractivity contribution in [2.75, 3.05) is 0 Å². The van der Waals surface area contributed by atoms with Gasteiger partial charge in [-0.15, -0.1) is 0 Å². The van der Waals surface area contributed by atoms with Gasteiger partial charge in [0.05, 0.1) is 0 Å². The molecule has 14 heavy (non-hydrogen) atoms. The van der Waals surface area contributed by atoms with E-state index in [0.29, 0.717) is 12.8 Å². The van der Waals surface area contributed by atoms with Gasteiger partial charge in [-0.25, -0.2) is 0 Å². The van der Waals surface area contributed by atoms with Crippen molar-refractivity contribution in [2.24, 2.45) is 5.41 Å². The van der Waals surface area contributed by atoms with Gasteiger partial charge in [0.2, 0.25) is 11.8 Å². The minimum atomic E-state index is -0.928. The van der Waals surface area contributed by atoms with Gasteiger partial charge in [-0.1, -0.05) is 13.8 Å². The zero-order valence-corrected chi connectivity index (χ0v) is 11.5. The van der Waals surface area contributed by atoms with Crippen molar-refractivity contribution >= 4 is 29.1 Å². The van der Waals surface area contributed by atoms with Gasteiger partial charge in [0.25, 0.3) is 0 Å². The van der Waals surface area contributed by atoms with Crippen LogP contribution in [0.5, 0.6) is 0 Å². The molecule has 6 heteroatoms. The molecule has 72 valence electrons. The topological polar surface area (TPSA) is 58.2 Å². The normalized spacial score (nSPS) is 19.4. The fraction of sp³-hybridized carbons (Fsp3) is 0.625. The van der Waals surface area contributed by atoms with Gasteiger partial charge in [0.15, 0.2) is 5.11 Å². The summed E-state index contributed by atoms with van der Waals surface area (Å²) < 4.78 is 0. The molecular formula is C8H12N2NaO2S+. The molecule has 2 N–H and O–H groups in total. The summed E-state index contributed by atoms with van der Waals surface area (Å²) >= 11 is 4.69. The molecule has 1 aliphatic rings. The van der Waals surface area contributed by atoms with Crippen LogP contribution in [-0.2, 0) is 9.59 Å². The summed E-state index contributed by atoms with van der Waals surface area (Å²) in [6, 6.07) is 0. The quantitative estimate of drug-likeness (QED) is 0.305. The zero-order valence-electron chi connectivity index (χ0n) is 8.64. The standard InChI is InChI=1S/C8H12N2O2S.Na/c1-3-8(4-2)5(11)9-7(13)10-6(8)12;/h3-4H2,1-2H3,(H2,9,10,11,12,13);/q;+1. The van der Waals surface area contributed by atoms with Crippen LogP contribution < -0.4 is 40.2 Å². The predicted octanol–water partition coefficient (Wildman–Crippen LogP) is -2.67. The maximum absolute atomic E-state index is 11.5. The van der Waals surface area contributed by atoms with Gasteiger partial charge in [0.1, 0.15) is 5.41 Å². The molecular weight excluding hydrogens is 211 g/mol. The van der Waals surface area contributed by atoms with E-state index in [1.807, 2.05) is 13.8 Å². The molecule has 0 radical (unpaired) electrons. The number of carbonyl (C=O) groups is 2. The van der Waals surface area contributed by atoms with E-state index >= 15 is 0 Å². The Kier molecular flexibility index (Phi) is 5.22. The van der Waals surface area contributed by atoms with Gasteiger partial charge in [-0.2, -0.15) is 0 Å². The summed E-state index contributed by atoms with van der Waals surface area (Å²) in [5.74, 6) is -0.572. The first-order valence-electron chi connectivity index (χ1n) is 4.23. The average molecular weight is 223 g/mol. The van der Waals surface area contributed by atoms with Crippen LogP contribution in [0.25, 0.3) is 0 Å². The van der Waals surface area contributed by atoms with E-state index in [9.17, 15) is 9.59 Å². The molecule has 1 rings (SSSR count). The van der Waals surface area contributed by atoms with Crippen molar-refractivity contribution in [1.29, 1.82) is 0 Å². The number of hydrogen-bond donors (Lipinski definition) is 2. The number of rotatable bonds is 2. The Morgan fingerprint density at radius 3 is 1.79 bits per heavy atom. The maximum atomic E-state index is 11.5. The monoisotopic (exact) mass is 223 g/mol. The first-order chi connectivity index (χ1) is 6.06. The molecule has 1 aliphatic heterocycles. The second kappa shape index (κ2) is 5.21. The average Bonchev–Trinajstić information content (AvgIpc) is 2.05. The van der Waals surface area contributed by atoms with Crippen LogP contribution in [0.3, 0.4) is 0 Å². The SMILES string of the molecule is CCC1(CC)C(=O)NC(=S)NC1=O.[Na+]. The molecule has 0 saturated carbocycles. The van der Waals surface area contributed by atoms with Gasteiger partial charge >= 0.3 is 29.6 Å². The number of hydrogen-bond acceptors (Lipinski definition) is 3. The molecule has 1 saturated heterocycles. The van der Waals surface area contributed by atoms with Gasteiger partial charge < -0.3 is 10.6 Å². The summed E-state index contributed by atoms with van der Waals surface area (Å²) in [6.07, 6.45) is 0.980. The van der Waals surface area contributed by atoms with Crippen molar-refractivity contribution in [3.63, 3.8) is 0 Å². The summed E-state index contributed by atoms with van der Waals surface area (Å²) in [5.41, 5.74) is -0.928. The molecule has 0 atom stereocenters. The summed E-state index contributed by atoms with van der Waals surface area (Å²) in [4.78, 5) is 23.1. The minimum absolute atomic E-state index is 0.